The Hall–Kier alpha value is -3.81. The predicted molar refractivity (Wildman–Crippen MR) is 109 cm³/mol. The van der Waals surface area contributed by atoms with Crippen LogP contribution in [-0.4, -0.2) is 35.2 Å². The van der Waals surface area contributed by atoms with Gasteiger partial charge in [0.1, 0.15) is 23.1 Å². The number of aryl methyl sites for hydroxylation is 1. The second-order valence-electron chi connectivity index (χ2n) is 6.86. The zero-order valence-electron chi connectivity index (χ0n) is 16.5. The van der Waals surface area contributed by atoms with Crippen LogP contribution < -0.4 is 15.7 Å². The molecule has 0 saturated carbocycles. The van der Waals surface area contributed by atoms with E-state index in [1.807, 2.05) is 0 Å². The molecule has 0 radical (unpaired) electrons. The van der Waals surface area contributed by atoms with E-state index >= 15 is 0 Å². The molecule has 0 aliphatic carbocycles. The first kappa shape index (κ1) is 20.9. The summed E-state index contributed by atoms with van der Waals surface area (Å²) in [7, 11) is 1.50. The van der Waals surface area contributed by atoms with E-state index in [1.165, 1.54) is 19.2 Å². The number of ether oxygens (including phenoxy) is 1. The molecule has 3 aromatic rings. The molecule has 30 heavy (non-hydrogen) atoms. The highest BCUT2D eigenvalue weighted by atomic mass is 16.5. The van der Waals surface area contributed by atoms with Crippen LogP contribution >= 0.6 is 0 Å². The van der Waals surface area contributed by atoms with Gasteiger partial charge in [0.25, 0.3) is 0 Å². The monoisotopic (exact) mass is 411 g/mol. The van der Waals surface area contributed by atoms with E-state index in [1.54, 1.807) is 37.3 Å². The van der Waals surface area contributed by atoms with Crippen LogP contribution in [0.2, 0.25) is 0 Å². The Morgan fingerprint density at radius 2 is 1.87 bits per heavy atom. The predicted octanol–water partition coefficient (Wildman–Crippen LogP) is 2.17. The lowest BCUT2D eigenvalue weighted by Gasteiger charge is -2.15. The van der Waals surface area contributed by atoms with Crippen molar-refractivity contribution in [3.05, 3.63) is 69.6 Å². The molecule has 2 aromatic carbocycles. The Kier molecular flexibility index (Phi) is 6.06. The van der Waals surface area contributed by atoms with Gasteiger partial charge in [0.15, 0.2) is 0 Å². The SMILES string of the molecule is COc1ccc2c(C)c(CC(=O)N[C@@H](Cc3ccc(O)cc3)C(=O)O)c(=O)oc2c1. The quantitative estimate of drug-likeness (QED) is 0.509. The average molecular weight is 411 g/mol. The molecule has 1 heterocycles. The first-order valence-electron chi connectivity index (χ1n) is 9.19. The van der Waals surface area contributed by atoms with Gasteiger partial charge < -0.3 is 24.7 Å². The number of phenols is 1. The zero-order chi connectivity index (χ0) is 21.8. The molecule has 8 nitrogen and oxygen atoms in total. The smallest absolute Gasteiger partial charge is 0.340 e. The second kappa shape index (κ2) is 8.69. The number of amides is 1. The summed E-state index contributed by atoms with van der Waals surface area (Å²) in [5, 5.41) is 21.9. The minimum Gasteiger partial charge on any atom is -0.508 e. The van der Waals surface area contributed by atoms with Crippen molar-refractivity contribution in [1.82, 2.24) is 5.32 Å². The molecule has 0 spiro atoms. The van der Waals surface area contributed by atoms with Gasteiger partial charge in [-0.05, 0) is 42.3 Å². The number of carboxylic acids is 1. The number of carbonyl (C=O) groups excluding carboxylic acids is 1. The number of carbonyl (C=O) groups is 2. The number of hydrogen-bond donors (Lipinski definition) is 3. The highest BCUT2D eigenvalue weighted by Crippen LogP contribution is 2.24. The third-order valence-electron chi connectivity index (χ3n) is 4.84. The highest BCUT2D eigenvalue weighted by molar-refractivity contribution is 5.87. The van der Waals surface area contributed by atoms with Crippen molar-refractivity contribution in [2.24, 2.45) is 0 Å². The van der Waals surface area contributed by atoms with E-state index < -0.39 is 23.5 Å². The van der Waals surface area contributed by atoms with Gasteiger partial charge in [-0.3, -0.25) is 4.79 Å². The molecule has 3 N–H and O–H groups in total. The maximum atomic E-state index is 12.5. The Bertz CT molecular complexity index is 1150. The maximum absolute atomic E-state index is 12.5. The van der Waals surface area contributed by atoms with E-state index in [0.717, 1.165) is 0 Å². The fourth-order valence-corrected chi connectivity index (χ4v) is 3.18. The van der Waals surface area contributed by atoms with E-state index in [9.17, 15) is 24.6 Å². The zero-order valence-corrected chi connectivity index (χ0v) is 16.5. The molecule has 0 fully saturated rings. The molecule has 0 unspecified atom stereocenters. The Balaban J connectivity index is 1.80. The molecule has 1 aromatic heterocycles. The largest absolute Gasteiger partial charge is 0.508 e. The van der Waals surface area contributed by atoms with Gasteiger partial charge in [0, 0.05) is 17.9 Å². The number of fused-ring (bicyclic) bond motifs is 1. The van der Waals surface area contributed by atoms with Crippen molar-refractivity contribution in [3.8, 4) is 11.5 Å². The Labute approximate surface area is 171 Å². The highest BCUT2D eigenvalue weighted by Gasteiger charge is 2.22. The van der Waals surface area contributed by atoms with Gasteiger partial charge in [-0.15, -0.1) is 0 Å². The summed E-state index contributed by atoms with van der Waals surface area (Å²) in [6.45, 7) is 1.71. The molecule has 3 rings (SSSR count). The summed E-state index contributed by atoms with van der Waals surface area (Å²) in [5.74, 6) is -1.21. The molecular formula is C22H21NO7. The number of phenolic OH excluding ortho intramolecular Hbond substituents is 1. The van der Waals surface area contributed by atoms with Gasteiger partial charge in [-0.25, -0.2) is 9.59 Å². The van der Waals surface area contributed by atoms with Crippen molar-refractivity contribution >= 4 is 22.8 Å². The van der Waals surface area contributed by atoms with E-state index in [0.29, 0.717) is 27.8 Å². The minimum atomic E-state index is -1.20. The normalized spacial score (nSPS) is 11.8. The van der Waals surface area contributed by atoms with Crippen LogP contribution in [0.15, 0.2) is 51.7 Å². The van der Waals surface area contributed by atoms with Gasteiger partial charge in [-0.2, -0.15) is 0 Å². The van der Waals surface area contributed by atoms with Crippen LogP contribution in [-0.2, 0) is 22.4 Å². The number of methoxy groups -OCH3 is 1. The topological polar surface area (TPSA) is 126 Å². The summed E-state index contributed by atoms with van der Waals surface area (Å²) in [4.78, 5) is 36.5. The van der Waals surface area contributed by atoms with Gasteiger partial charge >= 0.3 is 11.6 Å². The summed E-state index contributed by atoms with van der Waals surface area (Å²) in [6, 6.07) is 9.89. The van der Waals surface area contributed by atoms with Crippen LogP contribution in [0.5, 0.6) is 11.5 Å². The van der Waals surface area contributed by atoms with Crippen LogP contribution in [0.25, 0.3) is 11.0 Å². The van der Waals surface area contributed by atoms with Crippen LogP contribution in [0.1, 0.15) is 16.7 Å². The van der Waals surface area contributed by atoms with E-state index in [-0.39, 0.29) is 24.2 Å². The van der Waals surface area contributed by atoms with Crippen molar-refractivity contribution in [2.75, 3.05) is 7.11 Å². The molecule has 0 bridgehead atoms. The van der Waals surface area contributed by atoms with Gasteiger partial charge in [0.05, 0.1) is 19.1 Å². The third kappa shape index (κ3) is 4.60. The lowest BCUT2D eigenvalue weighted by atomic mass is 10.0. The number of benzene rings is 2. The number of aromatic hydroxyl groups is 1. The molecule has 156 valence electrons. The molecule has 0 aliphatic rings. The number of aliphatic carboxylic acids is 1. The van der Waals surface area contributed by atoms with Crippen molar-refractivity contribution in [3.63, 3.8) is 0 Å². The standard InChI is InChI=1S/C22H21NO7/c1-12-16-8-7-15(29-2)10-19(16)30-22(28)17(12)11-20(25)23-18(21(26)27)9-13-3-5-14(24)6-4-13/h3-8,10,18,24H,9,11H2,1-2H3,(H,23,25)(H,26,27)/t18-/m0/s1. The number of nitrogens with one attached hydrogen (secondary N) is 1. The minimum absolute atomic E-state index is 0.0342. The fraction of sp³-hybridized carbons (Fsp3) is 0.227. The first-order valence-corrected chi connectivity index (χ1v) is 9.19. The molecule has 0 aliphatic heterocycles. The third-order valence-corrected chi connectivity index (χ3v) is 4.84. The Morgan fingerprint density at radius 3 is 2.50 bits per heavy atom. The fourth-order valence-electron chi connectivity index (χ4n) is 3.18. The molecule has 1 amide bonds. The molecule has 0 saturated heterocycles. The molecule has 8 heteroatoms. The molecular weight excluding hydrogens is 390 g/mol. The average Bonchev–Trinajstić information content (AvgIpc) is 2.71. The number of hydrogen-bond acceptors (Lipinski definition) is 6. The van der Waals surface area contributed by atoms with Crippen LogP contribution in [0.4, 0.5) is 0 Å². The molecule has 1 atom stereocenters. The van der Waals surface area contributed by atoms with Gasteiger partial charge in [0.2, 0.25) is 5.91 Å². The number of carboxylic acid groups (broad SMARTS) is 1. The van der Waals surface area contributed by atoms with Gasteiger partial charge in [-0.1, -0.05) is 12.1 Å². The Morgan fingerprint density at radius 1 is 1.17 bits per heavy atom. The van der Waals surface area contributed by atoms with Crippen LogP contribution in [0.3, 0.4) is 0 Å². The van der Waals surface area contributed by atoms with Crippen molar-refractivity contribution in [1.29, 1.82) is 0 Å². The maximum Gasteiger partial charge on any atom is 0.340 e. The summed E-state index contributed by atoms with van der Waals surface area (Å²) in [5.41, 5.74) is 1.07. The summed E-state index contributed by atoms with van der Waals surface area (Å²) in [6.07, 6.45) is -0.276. The summed E-state index contributed by atoms with van der Waals surface area (Å²) >= 11 is 0. The van der Waals surface area contributed by atoms with Crippen molar-refractivity contribution in [2.45, 2.75) is 25.8 Å². The first-order chi connectivity index (χ1) is 14.3. The van der Waals surface area contributed by atoms with E-state index in [2.05, 4.69) is 5.32 Å². The van der Waals surface area contributed by atoms with E-state index in [4.69, 9.17) is 9.15 Å². The number of rotatable bonds is 7. The second-order valence-corrected chi connectivity index (χ2v) is 6.86. The van der Waals surface area contributed by atoms with Crippen molar-refractivity contribution < 1.29 is 29.0 Å². The summed E-state index contributed by atoms with van der Waals surface area (Å²) < 4.78 is 10.4. The lowest BCUT2D eigenvalue weighted by molar-refractivity contribution is -0.141. The lowest BCUT2D eigenvalue weighted by Crippen LogP contribution is -2.43. The van der Waals surface area contributed by atoms with Crippen LogP contribution in [0, 0.1) is 6.92 Å².